The van der Waals surface area contributed by atoms with Gasteiger partial charge < -0.3 is 10.4 Å². The molecule has 0 aliphatic rings. The van der Waals surface area contributed by atoms with Crippen LogP contribution in [0.25, 0.3) is 0 Å². The zero-order valence-corrected chi connectivity index (χ0v) is 11.6. The number of hydrogen-bond donors (Lipinski definition) is 2. The molecular weight excluding hydrogens is 214 g/mol. The van der Waals surface area contributed by atoms with Crippen molar-refractivity contribution in [2.45, 2.75) is 58.7 Å². The third-order valence-corrected chi connectivity index (χ3v) is 2.60. The Labute approximate surface area is 104 Å². The summed E-state index contributed by atoms with van der Waals surface area (Å²) in [6.45, 7) is 11.6. The van der Waals surface area contributed by atoms with E-state index in [4.69, 9.17) is 0 Å². The summed E-state index contributed by atoms with van der Waals surface area (Å²) in [4.78, 5) is 0. The highest BCUT2D eigenvalue weighted by Crippen LogP contribution is 2.13. The van der Waals surface area contributed by atoms with Gasteiger partial charge in [-0.1, -0.05) is 0 Å². The maximum Gasteiger partial charge on any atom is 0.0785 e. The van der Waals surface area contributed by atoms with Crippen LogP contribution in [0.5, 0.6) is 0 Å². The maximum atomic E-state index is 10.3. The SMILES string of the molecule is CCn1cc(CC(C)(O)CNC(C)(C)C)cn1. The summed E-state index contributed by atoms with van der Waals surface area (Å²) in [5.41, 5.74) is 0.361. The van der Waals surface area contributed by atoms with Gasteiger partial charge in [0, 0.05) is 31.2 Å². The van der Waals surface area contributed by atoms with Crippen LogP contribution < -0.4 is 5.32 Å². The Bertz CT molecular complexity index is 350. The van der Waals surface area contributed by atoms with Crippen LogP contribution in [0.3, 0.4) is 0 Å². The van der Waals surface area contributed by atoms with Crippen LogP contribution in [-0.4, -0.2) is 32.6 Å². The molecule has 0 spiro atoms. The van der Waals surface area contributed by atoms with Crippen LogP contribution >= 0.6 is 0 Å². The van der Waals surface area contributed by atoms with Gasteiger partial charge in [-0.2, -0.15) is 5.10 Å². The van der Waals surface area contributed by atoms with Crippen molar-refractivity contribution >= 4 is 0 Å². The van der Waals surface area contributed by atoms with E-state index < -0.39 is 5.60 Å². The van der Waals surface area contributed by atoms with Gasteiger partial charge in [0.05, 0.1) is 11.8 Å². The molecule has 0 saturated carbocycles. The fourth-order valence-electron chi connectivity index (χ4n) is 1.63. The summed E-state index contributed by atoms with van der Waals surface area (Å²) >= 11 is 0. The smallest absolute Gasteiger partial charge is 0.0785 e. The molecule has 1 aromatic rings. The van der Waals surface area contributed by atoms with E-state index in [1.165, 1.54) is 0 Å². The second kappa shape index (κ2) is 5.19. The first-order chi connectivity index (χ1) is 7.72. The van der Waals surface area contributed by atoms with E-state index in [1.807, 2.05) is 24.0 Å². The molecule has 1 aromatic heterocycles. The molecule has 0 radical (unpaired) electrons. The summed E-state index contributed by atoms with van der Waals surface area (Å²) < 4.78 is 1.88. The highest BCUT2D eigenvalue weighted by Gasteiger charge is 2.23. The van der Waals surface area contributed by atoms with E-state index in [0.717, 1.165) is 12.1 Å². The second-order valence-corrected chi connectivity index (χ2v) is 5.98. The molecular formula is C13H25N3O. The summed E-state index contributed by atoms with van der Waals surface area (Å²) in [5, 5.41) is 17.9. The van der Waals surface area contributed by atoms with Crippen molar-refractivity contribution in [2.24, 2.45) is 0 Å². The Morgan fingerprint density at radius 2 is 2.00 bits per heavy atom. The van der Waals surface area contributed by atoms with Crippen molar-refractivity contribution in [1.82, 2.24) is 15.1 Å². The largest absolute Gasteiger partial charge is 0.389 e. The van der Waals surface area contributed by atoms with Crippen LogP contribution in [-0.2, 0) is 13.0 Å². The van der Waals surface area contributed by atoms with Crippen molar-refractivity contribution in [3.63, 3.8) is 0 Å². The minimum Gasteiger partial charge on any atom is -0.389 e. The monoisotopic (exact) mass is 239 g/mol. The summed E-state index contributed by atoms with van der Waals surface area (Å²) in [7, 11) is 0. The van der Waals surface area contributed by atoms with Gasteiger partial charge >= 0.3 is 0 Å². The van der Waals surface area contributed by atoms with Gasteiger partial charge in [-0.3, -0.25) is 4.68 Å². The van der Waals surface area contributed by atoms with E-state index >= 15 is 0 Å². The Morgan fingerprint density at radius 3 is 2.47 bits per heavy atom. The lowest BCUT2D eigenvalue weighted by molar-refractivity contribution is 0.0534. The third kappa shape index (κ3) is 5.33. The Kier molecular flexibility index (Phi) is 4.33. The molecule has 0 fully saturated rings. The number of aliphatic hydroxyl groups is 1. The molecule has 2 N–H and O–H groups in total. The minimum atomic E-state index is -0.741. The molecule has 1 atom stereocenters. The summed E-state index contributed by atoms with van der Waals surface area (Å²) in [5.74, 6) is 0. The topological polar surface area (TPSA) is 50.1 Å². The van der Waals surface area contributed by atoms with Crippen LogP contribution in [0, 0.1) is 0 Å². The van der Waals surface area contributed by atoms with Gasteiger partial charge in [0.25, 0.3) is 0 Å². The van der Waals surface area contributed by atoms with Crippen LogP contribution in [0.15, 0.2) is 12.4 Å². The zero-order valence-electron chi connectivity index (χ0n) is 11.6. The molecule has 4 heteroatoms. The van der Waals surface area contributed by atoms with Gasteiger partial charge in [-0.15, -0.1) is 0 Å². The molecule has 4 nitrogen and oxygen atoms in total. The molecule has 1 rings (SSSR count). The van der Waals surface area contributed by atoms with Gasteiger partial charge in [0.15, 0.2) is 0 Å². The van der Waals surface area contributed by atoms with Gasteiger partial charge in [-0.25, -0.2) is 0 Å². The molecule has 1 unspecified atom stereocenters. The van der Waals surface area contributed by atoms with E-state index in [2.05, 4.69) is 38.1 Å². The molecule has 1 heterocycles. The highest BCUT2D eigenvalue weighted by molar-refractivity contribution is 5.08. The van der Waals surface area contributed by atoms with Gasteiger partial charge in [0.2, 0.25) is 0 Å². The fourth-order valence-corrected chi connectivity index (χ4v) is 1.63. The zero-order chi connectivity index (χ0) is 13.1. The lowest BCUT2D eigenvalue weighted by Gasteiger charge is -2.29. The van der Waals surface area contributed by atoms with Crippen molar-refractivity contribution < 1.29 is 5.11 Å². The average molecular weight is 239 g/mol. The number of aromatic nitrogens is 2. The Morgan fingerprint density at radius 1 is 1.35 bits per heavy atom. The van der Waals surface area contributed by atoms with Crippen LogP contribution in [0.2, 0.25) is 0 Å². The first-order valence-corrected chi connectivity index (χ1v) is 6.20. The maximum absolute atomic E-state index is 10.3. The first kappa shape index (κ1) is 14.2. The number of hydrogen-bond acceptors (Lipinski definition) is 3. The quantitative estimate of drug-likeness (QED) is 0.820. The number of nitrogens with zero attached hydrogens (tertiary/aromatic N) is 2. The number of aryl methyl sites for hydroxylation is 1. The van der Waals surface area contributed by atoms with Crippen molar-refractivity contribution in [1.29, 1.82) is 0 Å². The average Bonchev–Trinajstić information content (AvgIpc) is 2.61. The second-order valence-electron chi connectivity index (χ2n) is 5.98. The van der Waals surface area contributed by atoms with Crippen LogP contribution in [0.4, 0.5) is 0 Å². The van der Waals surface area contributed by atoms with E-state index in [9.17, 15) is 5.11 Å². The Hall–Kier alpha value is -0.870. The van der Waals surface area contributed by atoms with E-state index in [0.29, 0.717) is 13.0 Å². The number of β-amino-alcohol motifs (C(OH)–C–C–N with tert-alkyl or cyclic N) is 1. The van der Waals surface area contributed by atoms with Crippen molar-refractivity contribution in [3.05, 3.63) is 18.0 Å². The minimum absolute atomic E-state index is 0.0254. The van der Waals surface area contributed by atoms with Crippen LogP contribution in [0.1, 0.15) is 40.2 Å². The predicted molar refractivity (Wildman–Crippen MR) is 70.0 cm³/mol. The third-order valence-electron chi connectivity index (χ3n) is 2.60. The molecule has 17 heavy (non-hydrogen) atoms. The summed E-state index contributed by atoms with van der Waals surface area (Å²) in [6.07, 6.45) is 4.44. The normalized spacial score (nSPS) is 15.9. The van der Waals surface area contributed by atoms with Crippen molar-refractivity contribution in [2.75, 3.05) is 6.54 Å². The lowest BCUT2D eigenvalue weighted by Crippen LogP contribution is -2.47. The van der Waals surface area contributed by atoms with E-state index in [-0.39, 0.29) is 5.54 Å². The molecule has 0 aromatic carbocycles. The van der Waals surface area contributed by atoms with Gasteiger partial charge in [-0.05, 0) is 40.2 Å². The highest BCUT2D eigenvalue weighted by atomic mass is 16.3. The number of rotatable bonds is 5. The van der Waals surface area contributed by atoms with E-state index in [1.54, 1.807) is 0 Å². The molecule has 0 aliphatic heterocycles. The standard InChI is InChI=1S/C13H25N3O/c1-6-16-9-11(8-15-16)7-13(5,17)10-14-12(2,3)4/h8-9,14,17H,6-7,10H2,1-5H3. The molecule has 0 aliphatic carbocycles. The van der Waals surface area contributed by atoms with Gasteiger partial charge in [0.1, 0.15) is 0 Å². The molecule has 0 amide bonds. The fraction of sp³-hybridized carbons (Fsp3) is 0.769. The molecule has 0 bridgehead atoms. The molecule has 0 saturated heterocycles. The summed E-state index contributed by atoms with van der Waals surface area (Å²) in [6, 6.07) is 0. The predicted octanol–water partition coefficient (Wildman–Crippen LogP) is 1.58. The number of nitrogens with one attached hydrogen (secondary N) is 1. The van der Waals surface area contributed by atoms with Crippen molar-refractivity contribution in [3.8, 4) is 0 Å². The first-order valence-electron chi connectivity index (χ1n) is 6.20. The molecule has 98 valence electrons. The Balaban J connectivity index is 2.53. The lowest BCUT2D eigenvalue weighted by atomic mass is 9.97.